The molecule has 162 valence electrons. The Kier molecular flexibility index (Phi) is 5.26. The number of carbonyl (C=O) groups excluding carboxylic acids is 1. The fourth-order valence-corrected chi connectivity index (χ4v) is 3.94. The molecule has 0 radical (unpaired) electrons. The Balaban J connectivity index is 1.33. The van der Waals surface area contributed by atoms with Crippen molar-refractivity contribution in [2.45, 2.75) is 25.3 Å². The van der Waals surface area contributed by atoms with Gasteiger partial charge in [-0.25, -0.2) is 13.8 Å². The van der Waals surface area contributed by atoms with Crippen LogP contribution in [-0.4, -0.2) is 27.5 Å². The summed E-state index contributed by atoms with van der Waals surface area (Å²) in [7, 11) is 0. The normalized spacial score (nSPS) is 15.9. The number of amides is 1. The highest BCUT2D eigenvalue weighted by Gasteiger charge is 2.35. The van der Waals surface area contributed by atoms with E-state index in [1.54, 1.807) is 41.4 Å². The second-order valence-corrected chi connectivity index (χ2v) is 7.68. The molecule has 1 aliphatic heterocycles. The number of hydrogen-bond acceptors (Lipinski definition) is 5. The van der Waals surface area contributed by atoms with Crippen molar-refractivity contribution in [3.8, 4) is 11.3 Å². The first-order chi connectivity index (χ1) is 15.6. The third kappa shape index (κ3) is 3.91. The molecule has 1 atom stereocenters. The van der Waals surface area contributed by atoms with Crippen LogP contribution in [0.5, 0.6) is 0 Å². The number of nitrogens with zero attached hydrogens (tertiary/aromatic N) is 3. The molecular weight excluding hydrogens is 416 g/mol. The van der Waals surface area contributed by atoms with Gasteiger partial charge in [-0.2, -0.15) is 0 Å². The number of carbonyl (C=O) groups is 1. The number of aromatic nitrogens is 2. The Morgan fingerprint density at radius 3 is 2.75 bits per heavy atom. The van der Waals surface area contributed by atoms with Gasteiger partial charge in [-0.05, 0) is 42.7 Å². The lowest BCUT2D eigenvalue weighted by atomic mass is 10.1. The van der Waals surface area contributed by atoms with Gasteiger partial charge in [-0.15, -0.1) is 0 Å². The monoisotopic (exact) mass is 435 g/mol. The van der Waals surface area contributed by atoms with Gasteiger partial charge in [0.25, 0.3) is 5.91 Å². The lowest BCUT2D eigenvalue weighted by molar-refractivity contribution is 0.0672. The van der Waals surface area contributed by atoms with Gasteiger partial charge in [0.2, 0.25) is 11.7 Å². The predicted octanol–water partition coefficient (Wildman–Crippen LogP) is 5.18. The second-order valence-electron chi connectivity index (χ2n) is 7.68. The SMILES string of the molecule is O=C(c1cc(-c2ccccc2F)no1)N1CCC[C@H]1c1ncc(Cc2ccc(F)cc2)o1. The minimum Gasteiger partial charge on any atom is -0.443 e. The Morgan fingerprint density at radius 1 is 1.12 bits per heavy atom. The third-order valence-corrected chi connectivity index (χ3v) is 5.53. The Hall–Kier alpha value is -3.81. The van der Waals surface area contributed by atoms with Crippen LogP contribution in [0, 0.1) is 11.6 Å². The maximum atomic E-state index is 14.0. The van der Waals surface area contributed by atoms with E-state index in [9.17, 15) is 13.6 Å². The van der Waals surface area contributed by atoms with Crippen LogP contribution >= 0.6 is 0 Å². The van der Waals surface area contributed by atoms with Crippen molar-refractivity contribution in [1.29, 1.82) is 0 Å². The third-order valence-electron chi connectivity index (χ3n) is 5.53. The van der Waals surface area contributed by atoms with E-state index in [1.165, 1.54) is 24.3 Å². The fourth-order valence-electron chi connectivity index (χ4n) is 3.94. The van der Waals surface area contributed by atoms with Crippen molar-refractivity contribution in [1.82, 2.24) is 15.0 Å². The summed E-state index contributed by atoms with van der Waals surface area (Å²) in [5, 5.41) is 3.87. The summed E-state index contributed by atoms with van der Waals surface area (Å²) in [6, 6.07) is 13.5. The van der Waals surface area contributed by atoms with E-state index in [1.807, 2.05) is 0 Å². The van der Waals surface area contributed by atoms with E-state index in [0.717, 1.165) is 12.0 Å². The van der Waals surface area contributed by atoms with Gasteiger partial charge in [0.1, 0.15) is 29.1 Å². The highest BCUT2D eigenvalue weighted by Crippen LogP contribution is 2.34. The Labute approximate surface area is 182 Å². The number of likely N-dealkylation sites (tertiary alicyclic amines) is 1. The van der Waals surface area contributed by atoms with Gasteiger partial charge < -0.3 is 13.8 Å². The molecule has 5 rings (SSSR count). The zero-order valence-corrected chi connectivity index (χ0v) is 17.0. The van der Waals surface area contributed by atoms with E-state index in [0.29, 0.717) is 31.0 Å². The molecule has 32 heavy (non-hydrogen) atoms. The molecule has 0 saturated carbocycles. The van der Waals surface area contributed by atoms with Gasteiger partial charge in [0, 0.05) is 24.6 Å². The van der Waals surface area contributed by atoms with Gasteiger partial charge >= 0.3 is 0 Å². The molecule has 2 aromatic carbocycles. The summed E-state index contributed by atoms with van der Waals surface area (Å²) in [4.78, 5) is 19.1. The number of rotatable bonds is 5. The molecule has 4 aromatic rings. The van der Waals surface area contributed by atoms with E-state index < -0.39 is 5.82 Å². The summed E-state index contributed by atoms with van der Waals surface area (Å²) in [5.74, 6) is 0.0355. The van der Waals surface area contributed by atoms with E-state index in [-0.39, 0.29) is 34.8 Å². The molecule has 1 fully saturated rings. The van der Waals surface area contributed by atoms with Crippen LogP contribution in [-0.2, 0) is 6.42 Å². The first kappa shape index (κ1) is 20.1. The summed E-state index contributed by atoms with van der Waals surface area (Å²) in [6.45, 7) is 0.523. The first-order valence-corrected chi connectivity index (χ1v) is 10.3. The average Bonchev–Trinajstić information content (AvgIpc) is 3.56. The summed E-state index contributed by atoms with van der Waals surface area (Å²) >= 11 is 0. The molecule has 3 heterocycles. The van der Waals surface area contributed by atoms with Crippen molar-refractivity contribution >= 4 is 5.91 Å². The van der Waals surface area contributed by atoms with Gasteiger partial charge in [-0.1, -0.05) is 29.4 Å². The molecule has 0 bridgehead atoms. The van der Waals surface area contributed by atoms with Crippen LogP contribution in [0.4, 0.5) is 8.78 Å². The highest BCUT2D eigenvalue weighted by molar-refractivity contribution is 5.92. The Bertz CT molecular complexity index is 1250. The minimum absolute atomic E-state index is 0.0354. The first-order valence-electron chi connectivity index (χ1n) is 10.3. The van der Waals surface area contributed by atoms with Crippen molar-refractivity contribution < 1.29 is 22.5 Å². The molecule has 1 aliphatic rings. The largest absolute Gasteiger partial charge is 0.443 e. The molecule has 1 saturated heterocycles. The van der Waals surface area contributed by atoms with Crippen LogP contribution in [0.3, 0.4) is 0 Å². The molecule has 0 unspecified atom stereocenters. The molecule has 8 heteroatoms. The number of halogens is 2. The molecule has 1 amide bonds. The van der Waals surface area contributed by atoms with Crippen molar-refractivity contribution in [3.63, 3.8) is 0 Å². The summed E-state index contributed by atoms with van der Waals surface area (Å²) < 4.78 is 38.3. The topological polar surface area (TPSA) is 72.4 Å². The van der Waals surface area contributed by atoms with Crippen LogP contribution in [0.1, 0.15) is 46.7 Å². The minimum atomic E-state index is -0.438. The maximum absolute atomic E-state index is 14.0. The Morgan fingerprint density at radius 2 is 1.94 bits per heavy atom. The standard InChI is InChI=1S/C24H19F2N3O3/c25-16-9-7-15(8-10-16)12-17-14-27-23(31-17)21-6-3-11-29(21)24(30)22-13-20(28-32-22)18-4-1-2-5-19(18)26/h1-2,4-5,7-10,13-14,21H,3,6,11-12H2/t21-/m0/s1. The highest BCUT2D eigenvalue weighted by atomic mass is 19.1. The summed E-state index contributed by atoms with van der Waals surface area (Å²) in [6.07, 6.45) is 3.60. The number of benzene rings is 2. The molecule has 0 spiro atoms. The van der Waals surface area contributed by atoms with Crippen molar-refractivity contribution in [2.24, 2.45) is 0 Å². The fraction of sp³-hybridized carbons (Fsp3) is 0.208. The van der Waals surface area contributed by atoms with Crippen molar-refractivity contribution in [3.05, 3.63) is 95.4 Å². The van der Waals surface area contributed by atoms with Gasteiger partial charge in [-0.3, -0.25) is 4.79 Å². The molecule has 2 aromatic heterocycles. The van der Waals surface area contributed by atoms with Crippen LogP contribution in [0.25, 0.3) is 11.3 Å². The number of oxazole rings is 1. The van der Waals surface area contributed by atoms with Gasteiger partial charge in [0.15, 0.2) is 0 Å². The van der Waals surface area contributed by atoms with E-state index in [4.69, 9.17) is 8.94 Å². The second kappa shape index (κ2) is 8.37. The van der Waals surface area contributed by atoms with E-state index >= 15 is 0 Å². The zero-order chi connectivity index (χ0) is 22.1. The van der Waals surface area contributed by atoms with E-state index in [2.05, 4.69) is 10.1 Å². The van der Waals surface area contributed by atoms with Gasteiger partial charge in [0.05, 0.1) is 6.20 Å². The maximum Gasteiger partial charge on any atom is 0.293 e. The lowest BCUT2D eigenvalue weighted by Crippen LogP contribution is -2.30. The van der Waals surface area contributed by atoms with Crippen LogP contribution in [0.15, 0.2) is 69.7 Å². The van der Waals surface area contributed by atoms with Crippen LogP contribution < -0.4 is 0 Å². The zero-order valence-electron chi connectivity index (χ0n) is 17.0. The molecule has 6 nitrogen and oxygen atoms in total. The molecular formula is C24H19F2N3O3. The van der Waals surface area contributed by atoms with Crippen LogP contribution in [0.2, 0.25) is 0 Å². The lowest BCUT2D eigenvalue weighted by Gasteiger charge is -2.20. The smallest absolute Gasteiger partial charge is 0.293 e. The molecule has 0 N–H and O–H groups in total. The number of hydrogen-bond donors (Lipinski definition) is 0. The molecule has 0 aliphatic carbocycles. The average molecular weight is 435 g/mol. The van der Waals surface area contributed by atoms with Crippen molar-refractivity contribution in [2.75, 3.05) is 6.54 Å². The predicted molar refractivity (Wildman–Crippen MR) is 111 cm³/mol. The quantitative estimate of drug-likeness (QED) is 0.432. The summed E-state index contributed by atoms with van der Waals surface area (Å²) in [5.41, 5.74) is 1.43.